The summed E-state index contributed by atoms with van der Waals surface area (Å²) in [5.74, 6) is -5.21. The molecule has 12 aromatic rings. The van der Waals surface area contributed by atoms with E-state index in [9.17, 15) is 76.0 Å². The first-order chi connectivity index (χ1) is 64.6. The fourth-order valence-electron chi connectivity index (χ4n) is 14.4. The van der Waals surface area contributed by atoms with Crippen LogP contribution in [-0.2, 0) is 40.8 Å². The van der Waals surface area contributed by atoms with Crippen LogP contribution >= 0.6 is 69.6 Å². The summed E-state index contributed by atoms with van der Waals surface area (Å²) >= 11 is 36.6. The highest BCUT2D eigenvalue weighted by atomic mass is 35.5. The molecule has 5 heterocycles. The summed E-state index contributed by atoms with van der Waals surface area (Å²) < 4.78 is 140. The first kappa shape index (κ1) is 101. The van der Waals surface area contributed by atoms with E-state index in [1.165, 1.54) is 138 Å². The van der Waals surface area contributed by atoms with E-state index in [1.54, 1.807) is 129 Å². The van der Waals surface area contributed by atoms with E-state index in [4.69, 9.17) is 69.6 Å². The van der Waals surface area contributed by atoms with E-state index >= 15 is 0 Å². The Labute approximate surface area is 813 Å². The number of nitrogens with zero attached hydrogens (tertiary/aromatic N) is 9. The number of nitrogens with one attached hydrogen (secondary N) is 7. The van der Waals surface area contributed by atoms with Crippen molar-refractivity contribution < 1.29 is 76.0 Å². The quantitative estimate of drug-likeness (QED) is 0.0419. The molecule has 0 bridgehead atoms. The minimum absolute atomic E-state index is 0.0943. The summed E-state index contributed by atoms with van der Waals surface area (Å²) in [6.45, 7) is 4.72. The number of anilines is 11. The minimum atomic E-state index is -3.75. The molecular formula is C93H86Cl6F2N16O15S4. The lowest BCUT2D eigenvalue weighted by molar-refractivity contribution is 0.101. The van der Waals surface area contributed by atoms with Crippen LogP contribution in [0.3, 0.4) is 0 Å². The molecule has 0 spiro atoms. The van der Waals surface area contributed by atoms with Crippen molar-refractivity contribution in [3.8, 4) is 0 Å². The van der Waals surface area contributed by atoms with E-state index in [-0.39, 0.29) is 79.4 Å². The number of carbonyl (C=O) groups is 7. The summed E-state index contributed by atoms with van der Waals surface area (Å²) in [4.78, 5) is 92.8. The standard InChI is InChI=1S/C25H24ClFN4O4S.C24H21Cl3N4O4S.C24H21Cl2FN4O4S.C20H20N4O3S/c1-16-7-8-19(14-23(16)29-24(32)17-5-3-6-18(26)13-17)28-25(33)21-10-9-20(15-22(21)27)31-12-4-11-30(2)36(31,34)35;2*1-30-10-3-11-31(36(30,34)35)18-7-8-19(21(27)14-18)24(33)28-17-6-9-20(26)22(13-17)29-23(32)15-4-2-5-16(25)12-15;1-23-11-2-12-24(28(23,26)27)19-7-4-15(5-8-19)20(25)22-18-6-3-17-14-21-10-9-16(17)13-18/h3,5-10,13-15H,4,11-12H2,1-2H3,(H,28,33)(H,29,32);2*2,4-9,12-14H,3,10-11H2,1H3,(H,28,33)(H,29,32);3-10,13-14H,2,11-12H2,1H3,(H,22,25). The predicted molar refractivity (Wildman–Crippen MR) is 531 cm³/mol. The summed E-state index contributed by atoms with van der Waals surface area (Å²) in [5, 5.41) is 22.7. The lowest BCUT2D eigenvalue weighted by Gasteiger charge is -2.34. The summed E-state index contributed by atoms with van der Waals surface area (Å²) in [7, 11) is -8.62. The number of halogens is 8. The zero-order valence-electron chi connectivity index (χ0n) is 72.9. The van der Waals surface area contributed by atoms with E-state index < -0.39 is 82.0 Å². The maximum absolute atomic E-state index is 14.9. The molecule has 4 saturated heterocycles. The average molecular weight is 2050 g/mol. The number of fused-ring (bicyclic) bond motifs is 1. The van der Waals surface area contributed by atoms with E-state index in [2.05, 4.69) is 42.2 Å². The molecule has 0 unspecified atom stereocenters. The third kappa shape index (κ3) is 24.3. The van der Waals surface area contributed by atoms with Gasteiger partial charge in [0.2, 0.25) is 0 Å². The second-order valence-electron chi connectivity index (χ2n) is 31.1. The molecule has 7 N–H and O–H groups in total. The van der Waals surface area contributed by atoms with Crippen LogP contribution in [0.5, 0.6) is 0 Å². The van der Waals surface area contributed by atoms with Gasteiger partial charge in [-0.15, -0.1) is 0 Å². The molecule has 0 saturated carbocycles. The van der Waals surface area contributed by atoms with E-state index in [0.717, 1.165) is 43.5 Å². The van der Waals surface area contributed by atoms with Gasteiger partial charge in [0.05, 0.1) is 65.9 Å². The number of hydrogen-bond acceptors (Lipinski definition) is 16. The lowest BCUT2D eigenvalue weighted by atomic mass is 10.1. The highest BCUT2D eigenvalue weighted by molar-refractivity contribution is 7.91. The largest absolute Gasteiger partial charge is 0.322 e. The highest BCUT2D eigenvalue weighted by Gasteiger charge is 2.37. The van der Waals surface area contributed by atoms with Gasteiger partial charge in [-0.2, -0.15) is 50.9 Å². The molecule has 11 aromatic carbocycles. The number of amides is 7. The Balaban J connectivity index is 0.000000154. The molecule has 4 aliphatic rings. The summed E-state index contributed by atoms with van der Waals surface area (Å²) in [6.07, 6.45) is 6.10. The normalized spacial score (nSPS) is 15.7. The fourth-order valence-corrected chi connectivity index (χ4v) is 21.3. The SMILES string of the molecule is CN1CCCN(c2ccc(C(=O)Nc3ccc(Cl)c(NC(=O)c4cccc(Cl)c4)c3)c(Cl)c2)S1(=O)=O.CN1CCCN(c2ccc(C(=O)Nc3ccc(Cl)c(NC(=O)c4cccc(Cl)c4)c3)c(F)c2)S1(=O)=O.CN1CCCN(c2ccc(C(=O)Nc3ccc4cnccc4c3)cc2)S1(=O)=O.Cc1ccc(NC(=O)c2ccc(N3CCCN(C)S3(=O)=O)cc2F)cc1NC(=O)c1cccc(Cl)c1. The average Bonchev–Trinajstić information content (AvgIpc) is 0.784. The number of benzene rings is 11. The number of rotatable bonds is 18. The Hall–Kier alpha value is -12.4. The maximum Gasteiger partial charge on any atom is 0.303 e. The highest BCUT2D eigenvalue weighted by Crippen LogP contribution is 2.36. The molecule has 16 rings (SSSR count). The summed E-state index contributed by atoms with van der Waals surface area (Å²) in [5.41, 5.74) is 5.75. The molecule has 7 amide bonds. The van der Waals surface area contributed by atoms with Crippen molar-refractivity contribution in [2.24, 2.45) is 0 Å². The van der Waals surface area contributed by atoms with Gasteiger partial charge < -0.3 is 37.2 Å². The van der Waals surface area contributed by atoms with E-state index in [0.29, 0.717) is 136 Å². The Morgan fingerprint density at radius 3 is 1.03 bits per heavy atom. The molecule has 136 heavy (non-hydrogen) atoms. The van der Waals surface area contributed by atoms with Crippen LogP contribution in [-0.4, -0.2) is 178 Å². The van der Waals surface area contributed by atoms with Crippen LogP contribution in [0.4, 0.5) is 71.3 Å². The van der Waals surface area contributed by atoms with Gasteiger partial charge in [0.15, 0.2) is 0 Å². The smallest absolute Gasteiger partial charge is 0.303 e. The van der Waals surface area contributed by atoms with Crippen molar-refractivity contribution in [3.05, 3.63) is 329 Å². The maximum atomic E-state index is 14.9. The topological polar surface area (TPSA) is 379 Å². The van der Waals surface area contributed by atoms with Crippen LogP contribution in [0.15, 0.2) is 243 Å². The van der Waals surface area contributed by atoms with Gasteiger partial charge in [-0.05, 0) is 244 Å². The molecule has 708 valence electrons. The summed E-state index contributed by atoms with van der Waals surface area (Å²) in [6, 6.07) is 59.1. The Morgan fingerprint density at radius 1 is 0.301 bits per heavy atom. The van der Waals surface area contributed by atoms with Crippen molar-refractivity contribution in [1.82, 2.24) is 22.2 Å². The van der Waals surface area contributed by atoms with Crippen LogP contribution < -0.4 is 54.4 Å². The van der Waals surface area contributed by atoms with Gasteiger partial charge >= 0.3 is 40.8 Å². The van der Waals surface area contributed by atoms with Gasteiger partial charge in [-0.3, -0.25) is 55.8 Å². The van der Waals surface area contributed by atoms with Gasteiger partial charge in [-0.25, -0.2) is 8.78 Å². The van der Waals surface area contributed by atoms with Crippen LogP contribution in [0.2, 0.25) is 30.1 Å². The second kappa shape index (κ2) is 43.7. The van der Waals surface area contributed by atoms with Crippen LogP contribution in [0, 0.1) is 18.6 Å². The first-order valence-electron chi connectivity index (χ1n) is 41.6. The molecule has 4 aliphatic heterocycles. The predicted octanol–water partition coefficient (Wildman–Crippen LogP) is 18.1. The number of aromatic nitrogens is 1. The van der Waals surface area contributed by atoms with Crippen molar-refractivity contribution in [1.29, 1.82) is 0 Å². The lowest BCUT2D eigenvalue weighted by Crippen LogP contribution is -2.48. The van der Waals surface area contributed by atoms with Crippen molar-refractivity contribution in [2.75, 3.05) is 135 Å². The zero-order valence-corrected chi connectivity index (χ0v) is 80.7. The van der Waals surface area contributed by atoms with Gasteiger partial charge in [-0.1, -0.05) is 99.9 Å². The van der Waals surface area contributed by atoms with Crippen LogP contribution in [0.25, 0.3) is 10.8 Å². The van der Waals surface area contributed by atoms with Crippen molar-refractivity contribution in [3.63, 3.8) is 0 Å². The molecule has 31 nitrogen and oxygen atoms in total. The van der Waals surface area contributed by atoms with Crippen molar-refractivity contribution >= 4 is 225 Å². The van der Waals surface area contributed by atoms with E-state index in [1.807, 2.05) is 24.3 Å². The molecule has 0 atom stereocenters. The third-order valence-electron chi connectivity index (χ3n) is 21.7. The number of hydrogen-bond donors (Lipinski definition) is 7. The first-order valence-corrected chi connectivity index (χ1v) is 49.4. The molecule has 0 radical (unpaired) electrons. The second-order valence-corrected chi connectivity index (χ2v) is 41.5. The molecule has 1 aromatic heterocycles. The zero-order chi connectivity index (χ0) is 97.8. The minimum Gasteiger partial charge on any atom is -0.322 e. The van der Waals surface area contributed by atoms with Crippen molar-refractivity contribution in [2.45, 2.75) is 32.6 Å². The number of pyridine rings is 1. The Bertz CT molecular complexity index is 6640. The molecular weight excluding hydrogens is 1960 g/mol. The number of aryl methyl sites for hydroxylation is 1. The molecule has 43 heteroatoms. The number of carbonyl (C=O) groups excluding carboxylic acids is 7. The molecule has 0 aliphatic carbocycles. The third-order valence-corrected chi connectivity index (χ3v) is 31.1. The Kier molecular flexibility index (Phi) is 32.5. The van der Waals surface area contributed by atoms with Gasteiger partial charge in [0, 0.05) is 164 Å². The van der Waals surface area contributed by atoms with Gasteiger partial charge in [0.1, 0.15) is 11.6 Å². The monoisotopic (exact) mass is 2040 g/mol. The molecule has 4 fully saturated rings. The van der Waals surface area contributed by atoms with Gasteiger partial charge in [0.25, 0.3) is 41.4 Å². The van der Waals surface area contributed by atoms with Crippen LogP contribution in [0.1, 0.15) is 104 Å². The Morgan fingerprint density at radius 2 is 0.632 bits per heavy atom. The fraction of sp³-hybridized carbons (Fsp3) is 0.183.